The van der Waals surface area contributed by atoms with Crippen molar-refractivity contribution < 1.29 is 9.59 Å². The molecule has 0 atom stereocenters. The van der Waals surface area contributed by atoms with Crippen LogP contribution in [0.4, 0.5) is 0 Å². The normalized spacial score (nSPS) is 21.2. The monoisotopic (exact) mass is 421 g/mol. The number of carbonyl (C=O) groups excluding carboxylic acids is 2. The quantitative estimate of drug-likeness (QED) is 0.805. The smallest absolute Gasteiger partial charge is 0.256 e. The lowest BCUT2D eigenvalue weighted by Gasteiger charge is -2.41. The van der Waals surface area contributed by atoms with Gasteiger partial charge in [0.2, 0.25) is 5.91 Å². The Morgan fingerprint density at radius 2 is 1.65 bits per heavy atom. The molecule has 1 N–H and O–H groups in total. The van der Waals surface area contributed by atoms with E-state index in [1.807, 2.05) is 41.4 Å². The van der Waals surface area contributed by atoms with Gasteiger partial charge in [0.05, 0.1) is 11.3 Å². The highest BCUT2D eigenvalue weighted by atomic mass is 16.2. The van der Waals surface area contributed by atoms with Gasteiger partial charge in [0.25, 0.3) is 5.91 Å². The van der Waals surface area contributed by atoms with E-state index in [-0.39, 0.29) is 17.7 Å². The lowest BCUT2D eigenvalue weighted by Crippen LogP contribution is -2.50. The lowest BCUT2D eigenvalue weighted by molar-refractivity contribution is -0.126. The average molecular weight is 422 g/mol. The summed E-state index contributed by atoms with van der Waals surface area (Å²) in [5.74, 6) is 0.524. The van der Waals surface area contributed by atoms with E-state index >= 15 is 0 Å². The number of hydrogen-bond acceptors (Lipinski definition) is 4. The van der Waals surface area contributed by atoms with Crippen molar-refractivity contribution in [3.63, 3.8) is 0 Å². The molecule has 164 valence electrons. The molecule has 2 amide bonds. The summed E-state index contributed by atoms with van der Waals surface area (Å²) in [5, 5.41) is 7.45. The molecule has 1 saturated carbocycles. The zero-order chi connectivity index (χ0) is 21.2. The van der Waals surface area contributed by atoms with Crippen molar-refractivity contribution in [1.82, 2.24) is 24.9 Å². The summed E-state index contributed by atoms with van der Waals surface area (Å²) >= 11 is 0. The summed E-state index contributed by atoms with van der Waals surface area (Å²) in [5.41, 5.74) is 1.53. The van der Waals surface area contributed by atoms with E-state index in [9.17, 15) is 9.59 Å². The minimum atomic E-state index is 0.0833. The summed E-state index contributed by atoms with van der Waals surface area (Å²) < 4.78 is 1.75. The Hall–Kier alpha value is -2.67. The van der Waals surface area contributed by atoms with E-state index in [0.717, 1.165) is 70.4 Å². The zero-order valence-electron chi connectivity index (χ0n) is 17.9. The van der Waals surface area contributed by atoms with Crippen molar-refractivity contribution in [2.24, 2.45) is 5.92 Å². The van der Waals surface area contributed by atoms with Crippen molar-refractivity contribution in [3.8, 4) is 5.69 Å². The third-order valence-electron chi connectivity index (χ3n) is 6.98. The number of likely N-dealkylation sites (tertiary alicyclic amines) is 2. The van der Waals surface area contributed by atoms with Gasteiger partial charge >= 0.3 is 0 Å². The second-order valence-corrected chi connectivity index (χ2v) is 9.08. The number of amides is 2. The third-order valence-corrected chi connectivity index (χ3v) is 6.98. The average Bonchev–Trinajstić information content (AvgIpc) is 3.47. The van der Waals surface area contributed by atoms with Crippen molar-refractivity contribution in [2.75, 3.05) is 26.2 Å². The van der Waals surface area contributed by atoms with Crippen LogP contribution in [0, 0.1) is 5.92 Å². The molecule has 0 spiro atoms. The lowest BCUT2D eigenvalue weighted by atomic mass is 9.92. The maximum Gasteiger partial charge on any atom is 0.256 e. The van der Waals surface area contributed by atoms with Crippen molar-refractivity contribution in [2.45, 2.75) is 50.6 Å². The van der Waals surface area contributed by atoms with Crippen LogP contribution in [0.25, 0.3) is 5.69 Å². The molecule has 1 aromatic carbocycles. The first-order valence-electron chi connectivity index (χ1n) is 11.6. The van der Waals surface area contributed by atoms with E-state index in [0.29, 0.717) is 17.6 Å². The number of benzene rings is 1. The molecule has 0 bridgehead atoms. The van der Waals surface area contributed by atoms with Gasteiger partial charge in [-0.25, -0.2) is 4.68 Å². The first kappa shape index (κ1) is 20.2. The number of nitrogens with one attached hydrogen (secondary N) is 1. The fourth-order valence-electron chi connectivity index (χ4n) is 4.94. The Morgan fingerprint density at radius 1 is 0.903 bits per heavy atom. The molecule has 7 heteroatoms. The summed E-state index contributed by atoms with van der Waals surface area (Å²) in [7, 11) is 0. The third kappa shape index (κ3) is 4.51. The van der Waals surface area contributed by atoms with Crippen LogP contribution in [0.3, 0.4) is 0 Å². The van der Waals surface area contributed by atoms with Gasteiger partial charge < -0.3 is 15.1 Å². The van der Waals surface area contributed by atoms with Crippen LogP contribution < -0.4 is 5.32 Å². The van der Waals surface area contributed by atoms with Gasteiger partial charge in [0.1, 0.15) is 0 Å². The van der Waals surface area contributed by atoms with E-state index in [1.54, 1.807) is 10.9 Å². The minimum Gasteiger partial charge on any atom is -0.353 e. The highest BCUT2D eigenvalue weighted by Gasteiger charge is 2.33. The SMILES string of the molecule is O=C(NC1CC1)C1CCN(C2CCN(C(=O)c3ccccc3-n3cccn3)CC2)CC1. The van der Waals surface area contributed by atoms with Crippen LogP contribution in [-0.4, -0.2) is 69.7 Å². The molecular weight excluding hydrogens is 390 g/mol. The molecule has 1 aliphatic carbocycles. The summed E-state index contributed by atoms with van der Waals surface area (Å²) in [6, 6.07) is 10.5. The highest BCUT2D eigenvalue weighted by molar-refractivity contribution is 5.97. The second-order valence-electron chi connectivity index (χ2n) is 9.08. The number of nitrogens with zero attached hydrogens (tertiary/aromatic N) is 4. The first-order chi connectivity index (χ1) is 15.2. The molecule has 31 heavy (non-hydrogen) atoms. The van der Waals surface area contributed by atoms with Crippen LogP contribution in [0.2, 0.25) is 0 Å². The maximum atomic E-state index is 13.2. The summed E-state index contributed by atoms with van der Waals surface area (Å²) in [4.78, 5) is 30.1. The van der Waals surface area contributed by atoms with Gasteiger partial charge in [-0.05, 0) is 69.8 Å². The van der Waals surface area contributed by atoms with Gasteiger partial charge in [-0.1, -0.05) is 12.1 Å². The van der Waals surface area contributed by atoms with Crippen molar-refractivity contribution >= 4 is 11.8 Å². The Kier molecular flexibility index (Phi) is 5.76. The fourth-order valence-corrected chi connectivity index (χ4v) is 4.94. The number of carbonyl (C=O) groups is 2. The Morgan fingerprint density at radius 3 is 2.32 bits per heavy atom. The van der Waals surface area contributed by atoms with Crippen LogP contribution in [-0.2, 0) is 4.79 Å². The molecule has 2 saturated heterocycles. The minimum absolute atomic E-state index is 0.0833. The Balaban J connectivity index is 1.14. The van der Waals surface area contributed by atoms with E-state index in [4.69, 9.17) is 0 Å². The number of aromatic nitrogens is 2. The van der Waals surface area contributed by atoms with Gasteiger partial charge in [0.15, 0.2) is 0 Å². The fraction of sp³-hybridized carbons (Fsp3) is 0.542. The molecule has 5 rings (SSSR count). The van der Waals surface area contributed by atoms with Crippen molar-refractivity contribution in [3.05, 3.63) is 48.3 Å². The highest BCUT2D eigenvalue weighted by Crippen LogP contribution is 2.27. The van der Waals surface area contributed by atoms with Crippen LogP contribution >= 0.6 is 0 Å². The zero-order valence-corrected chi connectivity index (χ0v) is 17.9. The molecule has 1 aromatic heterocycles. The van der Waals surface area contributed by atoms with Crippen LogP contribution in [0.1, 0.15) is 48.9 Å². The van der Waals surface area contributed by atoms with E-state index < -0.39 is 0 Å². The summed E-state index contributed by atoms with van der Waals surface area (Å²) in [6.07, 6.45) is 9.79. The Bertz CT molecular complexity index is 908. The van der Waals surface area contributed by atoms with Crippen molar-refractivity contribution in [1.29, 1.82) is 0 Å². The largest absolute Gasteiger partial charge is 0.353 e. The maximum absolute atomic E-state index is 13.2. The first-order valence-corrected chi connectivity index (χ1v) is 11.6. The molecule has 3 heterocycles. The molecule has 2 aliphatic heterocycles. The molecule has 2 aromatic rings. The molecular formula is C24H31N5O2. The van der Waals surface area contributed by atoms with Crippen LogP contribution in [0.15, 0.2) is 42.7 Å². The van der Waals surface area contributed by atoms with Gasteiger partial charge in [0, 0.05) is 43.5 Å². The number of para-hydroxylation sites is 1. The topological polar surface area (TPSA) is 70.5 Å². The number of hydrogen-bond donors (Lipinski definition) is 1. The molecule has 0 radical (unpaired) electrons. The molecule has 3 aliphatic rings. The standard InChI is InChI=1S/C24H31N5O2/c30-23(26-19-6-7-19)18-8-14-27(15-9-18)20-10-16-28(17-11-20)24(31)21-4-1-2-5-22(21)29-13-3-12-25-29/h1-5,12-13,18-20H,6-11,14-17H2,(H,26,30). The van der Waals surface area contributed by atoms with Gasteiger partial charge in [-0.2, -0.15) is 5.10 Å². The molecule has 7 nitrogen and oxygen atoms in total. The van der Waals surface area contributed by atoms with Gasteiger partial charge in [-0.3, -0.25) is 9.59 Å². The molecule has 0 unspecified atom stereocenters. The van der Waals surface area contributed by atoms with E-state index in [2.05, 4.69) is 15.3 Å². The predicted molar refractivity (Wildman–Crippen MR) is 118 cm³/mol. The number of rotatable bonds is 5. The van der Waals surface area contributed by atoms with E-state index in [1.165, 1.54) is 0 Å². The summed E-state index contributed by atoms with van der Waals surface area (Å²) in [6.45, 7) is 3.53. The molecule has 3 fully saturated rings. The number of piperidine rings is 2. The van der Waals surface area contributed by atoms with Gasteiger partial charge in [-0.15, -0.1) is 0 Å². The Labute approximate surface area is 183 Å². The van der Waals surface area contributed by atoms with Crippen LogP contribution in [0.5, 0.6) is 0 Å². The second kappa shape index (κ2) is 8.83. The predicted octanol–water partition coefficient (Wildman–Crippen LogP) is 2.47.